The van der Waals surface area contributed by atoms with E-state index < -0.39 is 12.1 Å². The van der Waals surface area contributed by atoms with Crippen molar-refractivity contribution in [3.8, 4) is 5.75 Å². The molecule has 1 aliphatic rings. The molecule has 4 rings (SSSR count). The number of nitrogens with zero attached hydrogens (tertiary/aromatic N) is 3. The largest absolute Gasteiger partial charge is 0.497 e. The molecule has 1 saturated heterocycles. The predicted molar refractivity (Wildman–Crippen MR) is 141 cm³/mol. The number of rotatable bonds is 12. The Kier molecular flexibility index (Phi) is 9.53. The van der Waals surface area contributed by atoms with E-state index in [0.29, 0.717) is 30.1 Å². The minimum absolute atomic E-state index is 0.161. The number of hydrogen-bond acceptors (Lipinski definition) is 6. The summed E-state index contributed by atoms with van der Waals surface area (Å²) in [7, 11) is 1.60. The number of thioether (sulfide) groups is 1. The second-order valence-electron chi connectivity index (χ2n) is 9.40. The number of likely N-dealkylation sites (tertiary alicyclic amines) is 1. The minimum atomic E-state index is -1.10. The smallest absolute Gasteiger partial charge is 0.303 e. The summed E-state index contributed by atoms with van der Waals surface area (Å²) in [5.41, 5.74) is 1.40. The third kappa shape index (κ3) is 7.17. The molecule has 3 atom stereocenters. The van der Waals surface area contributed by atoms with Crippen molar-refractivity contribution in [3.05, 3.63) is 60.6 Å². The highest BCUT2D eigenvalue weighted by Gasteiger charge is 2.30. The highest BCUT2D eigenvalue weighted by molar-refractivity contribution is 7.99. The highest BCUT2D eigenvalue weighted by Crippen LogP contribution is 2.36. The van der Waals surface area contributed by atoms with Crippen LogP contribution >= 0.6 is 11.8 Å². The molecule has 36 heavy (non-hydrogen) atoms. The lowest BCUT2D eigenvalue weighted by molar-refractivity contribution is -0.137. The van der Waals surface area contributed by atoms with Crippen LogP contribution in [0, 0.1) is 11.8 Å². The Balaban J connectivity index is 1.35. The van der Waals surface area contributed by atoms with Crippen LogP contribution in [0.4, 0.5) is 4.39 Å². The van der Waals surface area contributed by atoms with E-state index >= 15 is 4.39 Å². The highest BCUT2D eigenvalue weighted by atomic mass is 32.2. The molecule has 3 heterocycles. The fourth-order valence-electron chi connectivity index (χ4n) is 5.16. The number of carboxylic acid groups (broad SMARTS) is 1. The summed E-state index contributed by atoms with van der Waals surface area (Å²) in [5.74, 6) is 1.49. The zero-order valence-electron chi connectivity index (χ0n) is 20.7. The molecule has 0 aliphatic carbocycles. The molecule has 0 unspecified atom stereocenters. The van der Waals surface area contributed by atoms with Crippen LogP contribution in [0.3, 0.4) is 0 Å². The molecule has 0 radical (unpaired) electrons. The molecule has 0 amide bonds. The van der Waals surface area contributed by atoms with E-state index in [4.69, 9.17) is 4.74 Å². The summed E-state index contributed by atoms with van der Waals surface area (Å²) >= 11 is 1.81. The van der Waals surface area contributed by atoms with Gasteiger partial charge in [0.2, 0.25) is 0 Å². The van der Waals surface area contributed by atoms with Crippen molar-refractivity contribution in [2.75, 3.05) is 32.5 Å². The first-order valence-electron chi connectivity index (χ1n) is 12.6. The van der Waals surface area contributed by atoms with Gasteiger partial charge in [0.1, 0.15) is 11.9 Å². The molecule has 1 fully saturated rings. The predicted octanol–water partition coefficient (Wildman–Crippen LogP) is 6.02. The topological polar surface area (TPSA) is 75.5 Å². The van der Waals surface area contributed by atoms with Crippen molar-refractivity contribution in [2.45, 2.75) is 43.2 Å². The van der Waals surface area contributed by atoms with Gasteiger partial charge in [-0.2, -0.15) is 0 Å². The summed E-state index contributed by atoms with van der Waals surface area (Å²) in [5, 5.41) is 10.1. The Hall–Kier alpha value is -2.71. The Bertz CT molecular complexity index is 1130. The molecule has 8 heteroatoms. The van der Waals surface area contributed by atoms with Gasteiger partial charge < -0.3 is 14.7 Å². The second-order valence-corrected chi connectivity index (χ2v) is 10.6. The normalized spacial score (nSPS) is 19.3. The van der Waals surface area contributed by atoms with E-state index in [1.807, 2.05) is 42.1 Å². The standard InChI is InChI=1S/C28H34FN3O3S/c1-35-22-4-6-27-25(18-22)24(10-14-31-27)26(29)5-2-20-11-15-32(19-21(20)3-7-28(33)34)16-17-36-23-8-12-30-13-9-23/h4,6,8-10,12-14,18,20-21,26H,2-3,5,7,11,15-17,19H2,1H3,(H,33,34)/t20-,21-,26-/m1/s1. The van der Waals surface area contributed by atoms with E-state index in [9.17, 15) is 9.90 Å². The number of alkyl halides is 1. The van der Waals surface area contributed by atoms with Gasteiger partial charge in [-0.25, -0.2) is 4.39 Å². The maximum atomic E-state index is 15.5. The van der Waals surface area contributed by atoms with Crippen LogP contribution in [0.5, 0.6) is 5.75 Å². The molecular weight excluding hydrogens is 477 g/mol. The minimum Gasteiger partial charge on any atom is -0.497 e. The molecule has 192 valence electrons. The van der Waals surface area contributed by atoms with Gasteiger partial charge in [-0.05, 0) is 86.0 Å². The molecule has 3 aromatic rings. The van der Waals surface area contributed by atoms with Crippen molar-refractivity contribution in [1.29, 1.82) is 0 Å². The Morgan fingerprint density at radius 3 is 2.81 bits per heavy atom. The van der Waals surface area contributed by atoms with Crippen LogP contribution in [-0.2, 0) is 4.79 Å². The van der Waals surface area contributed by atoms with E-state index in [-0.39, 0.29) is 12.3 Å². The fourth-order valence-corrected chi connectivity index (χ4v) is 6.06. The second kappa shape index (κ2) is 13.0. The summed E-state index contributed by atoms with van der Waals surface area (Å²) < 4.78 is 20.8. The van der Waals surface area contributed by atoms with Crippen LogP contribution in [0.25, 0.3) is 10.9 Å². The number of benzene rings is 1. The number of pyridine rings is 2. The molecule has 0 saturated carbocycles. The van der Waals surface area contributed by atoms with E-state index in [0.717, 1.165) is 49.1 Å². The first-order valence-corrected chi connectivity index (χ1v) is 13.6. The number of aromatic nitrogens is 2. The van der Waals surface area contributed by atoms with Crippen molar-refractivity contribution < 1.29 is 19.0 Å². The Morgan fingerprint density at radius 2 is 2.03 bits per heavy atom. The average molecular weight is 512 g/mol. The first-order chi connectivity index (χ1) is 17.5. The summed E-state index contributed by atoms with van der Waals surface area (Å²) in [6, 6.07) is 11.3. The van der Waals surface area contributed by atoms with Crippen LogP contribution in [0.15, 0.2) is 59.9 Å². The quantitative estimate of drug-likeness (QED) is 0.298. The van der Waals surface area contributed by atoms with E-state index in [1.54, 1.807) is 31.8 Å². The van der Waals surface area contributed by atoms with Crippen molar-refractivity contribution >= 4 is 28.6 Å². The lowest BCUT2D eigenvalue weighted by Crippen LogP contribution is -2.41. The number of halogens is 1. The van der Waals surface area contributed by atoms with Crippen LogP contribution in [-0.4, -0.2) is 58.4 Å². The summed E-state index contributed by atoms with van der Waals surface area (Å²) in [6.45, 7) is 2.80. The fraction of sp³-hybridized carbons (Fsp3) is 0.464. The van der Waals surface area contributed by atoms with Crippen LogP contribution in [0.2, 0.25) is 0 Å². The number of ether oxygens (including phenoxy) is 1. The van der Waals surface area contributed by atoms with E-state index in [1.165, 1.54) is 4.90 Å². The van der Waals surface area contributed by atoms with E-state index in [2.05, 4.69) is 14.9 Å². The van der Waals surface area contributed by atoms with Gasteiger partial charge in [-0.15, -0.1) is 11.8 Å². The SMILES string of the molecule is COc1ccc2nccc([C@H](F)CC[C@@H]3CCN(CCSc4ccncc4)C[C@H]3CCC(=O)O)c2c1. The van der Waals surface area contributed by atoms with Gasteiger partial charge in [-0.3, -0.25) is 14.8 Å². The van der Waals surface area contributed by atoms with Crippen molar-refractivity contribution in [1.82, 2.24) is 14.9 Å². The summed E-state index contributed by atoms with van der Waals surface area (Å²) in [4.78, 5) is 23.4. The molecule has 0 spiro atoms. The molecule has 1 aliphatic heterocycles. The van der Waals surface area contributed by atoms with Gasteiger partial charge in [0, 0.05) is 54.1 Å². The molecule has 2 aromatic heterocycles. The van der Waals surface area contributed by atoms with Crippen molar-refractivity contribution in [3.63, 3.8) is 0 Å². The monoisotopic (exact) mass is 511 g/mol. The number of aliphatic carboxylic acids is 1. The average Bonchev–Trinajstić information content (AvgIpc) is 2.91. The lowest BCUT2D eigenvalue weighted by Gasteiger charge is -2.39. The number of carbonyl (C=O) groups is 1. The molecule has 6 nitrogen and oxygen atoms in total. The van der Waals surface area contributed by atoms with Gasteiger partial charge in [0.05, 0.1) is 12.6 Å². The zero-order chi connectivity index (χ0) is 25.3. The number of fused-ring (bicyclic) bond motifs is 1. The van der Waals surface area contributed by atoms with Crippen LogP contribution in [0.1, 0.15) is 43.8 Å². The molecule has 0 bridgehead atoms. The van der Waals surface area contributed by atoms with Gasteiger partial charge in [-0.1, -0.05) is 0 Å². The molecule has 1 N–H and O–H groups in total. The first kappa shape index (κ1) is 26.4. The zero-order valence-corrected chi connectivity index (χ0v) is 21.5. The molecular formula is C28H34FN3O3S. The maximum absolute atomic E-state index is 15.5. The molecule has 1 aromatic carbocycles. The maximum Gasteiger partial charge on any atom is 0.303 e. The van der Waals surface area contributed by atoms with Crippen molar-refractivity contribution in [2.24, 2.45) is 11.8 Å². The third-order valence-corrected chi connectivity index (χ3v) is 8.13. The summed E-state index contributed by atoms with van der Waals surface area (Å²) in [6.07, 6.45) is 7.11. The van der Waals surface area contributed by atoms with Gasteiger partial charge >= 0.3 is 5.97 Å². The number of piperidine rings is 1. The van der Waals surface area contributed by atoms with Gasteiger partial charge in [0.25, 0.3) is 0 Å². The van der Waals surface area contributed by atoms with Gasteiger partial charge in [0.15, 0.2) is 0 Å². The lowest BCUT2D eigenvalue weighted by atomic mass is 9.79. The number of hydrogen-bond donors (Lipinski definition) is 1. The third-order valence-electron chi connectivity index (χ3n) is 7.14. The Labute approximate surface area is 216 Å². The number of methoxy groups -OCH3 is 1. The number of carboxylic acids is 1. The van der Waals surface area contributed by atoms with Crippen LogP contribution < -0.4 is 4.74 Å². The Morgan fingerprint density at radius 1 is 1.19 bits per heavy atom.